The van der Waals surface area contributed by atoms with E-state index in [0.717, 1.165) is 24.2 Å². The van der Waals surface area contributed by atoms with Crippen LogP contribution in [0.15, 0.2) is 9.59 Å². The zero-order valence-electron chi connectivity index (χ0n) is 15.5. The monoisotopic (exact) mass is 374 g/mol. The Kier molecular flexibility index (Phi) is 4.30. The van der Waals surface area contributed by atoms with Crippen molar-refractivity contribution in [2.45, 2.75) is 19.3 Å². The Morgan fingerprint density at radius 1 is 1.15 bits per heavy atom. The molecule has 0 atom stereocenters. The maximum atomic E-state index is 12.7. The van der Waals surface area contributed by atoms with Crippen LogP contribution in [0.3, 0.4) is 0 Å². The molecule has 4 rings (SSSR count). The lowest BCUT2D eigenvalue weighted by molar-refractivity contribution is -0.471. The average Bonchev–Trinajstić information content (AvgIpc) is 3.05. The third kappa shape index (κ3) is 2.93. The van der Waals surface area contributed by atoms with E-state index in [1.165, 1.54) is 30.9 Å². The number of H-pyrrole nitrogens is 1. The second-order valence-corrected chi connectivity index (χ2v) is 6.92. The van der Waals surface area contributed by atoms with Crippen LogP contribution < -0.4 is 26.7 Å². The molecule has 11 heteroatoms. The molecule has 0 aliphatic carbocycles. The number of rotatable bonds is 4. The van der Waals surface area contributed by atoms with Gasteiger partial charge in [-0.25, -0.2) is 4.79 Å². The molecule has 3 aromatic rings. The van der Waals surface area contributed by atoms with Gasteiger partial charge < -0.3 is 16.0 Å². The lowest BCUT2D eigenvalue weighted by Crippen LogP contribution is -2.42. The zero-order valence-corrected chi connectivity index (χ0v) is 15.5. The summed E-state index contributed by atoms with van der Waals surface area (Å²) in [5.74, 6) is 0.872. The summed E-state index contributed by atoms with van der Waals surface area (Å²) in [5.41, 5.74) is 5.68. The third-order valence-electron chi connectivity index (χ3n) is 5.12. The molecule has 4 N–H and O–H groups in total. The average molecular weight is 374 g/mol. The summed E-state index contributed by atoms with van der Waals surface area (Å²) in [6.45, 7) is 3.75. The van der Waals surface area contributed by atoms with Crippen LogP contribution in [0.1, 0.15) is 19.3 Å². The second-order valence-electron chi connectivity index (χ2n) is 6.92. The minimum Gasteiger partial charge on any atom is -0.351 e. The van der Waals surface area contributed by atoms with E-state index in [1.54, 1.807) is 11.4 Å². The number of aromatic amines is 1. The van der Waals surface area contributed by atoms with Gasteiger partial charge in [-0.05, 0) is 25.9 Å². The van der Waals surface area contributed by atoms with Crippen molar-refractivity contribution >= 4 is 28.8 Å². The van der Waals surface area contributed by atoms with Crippen LogP contribution in [0.25, 0.3) is 16.9 Å². The van der Waals surface area contributed by atoms with Gasteiger partial charge in [0.15, 0.2) is 5.65 Å². The summed E-state index contributed by atoms with van der Waals surface area (Å²) < 4.78 is 4.03. The molecule has 0 radical (unpaired) electrons. The molecule has 4 heterocycles. The molecule has 1 aliphatic heterocycles. The predicted octanol–water partition coefficient (Wildman–Crippen LogP) is -1.43. The van der Waals surface area contributed by atoms with Gasteiger partial charge in [0.1, 0.15) is 0 Å². The highest BCUT2D eigenvalue weighted by Crippen LogP contribution is 2.10. The number of hydrogen-bond donors (Lipinski definition) is 3. The molecule has 0 unspecified atom stereocenters. The van der Waals surface area contributed by atoms with Gasteiger partial charge in [-0.2, -0.15) is 4.40 Å². The number of nitrogen functional groups attached to an aromatic ring is 1. The number of likely N-dealkylation sites (tertiary alicyclic amines) is 1. The topological polar surface area (TPSA) is 131 Å². The first-order valence-electron chi connectivity index (χ1n) is 9.10. The fourth-order valence-corrected chi connectivity index (χ4v) is 3.64. The van der Waals surface area contributed by atoms with Crippen LogP contribution in [0.2, 0.25) is 0 Å². The second kappa shape index (κ2) is 6.65. The van der Waals surface area contributed by atoms with E-state index in [2.05, 4.69) is 25.2 Å². The van der Waals surface area contributed by atoms with Gasteiger partial charge in [0.2, 0.25) is 5.52 Å². The van der Waals surface area contributed by atoms with E-state index in [-0.39, 0.29) is 5.95 Å². The number of nitrogens with zero attached hydrogens (tertiary/aromatic N) is 6. The Morgan fingerprint density at radius 3 is 2.63 bits per heavy atom. The number of nitrogens with one attached hydrogen (secondary N) is 2. The third-order valence-corrected chi connectivity index (χ3v) is 5.12. The van der Waals surface area contributed by atoms with E-state index < -0.39 is 11.2 Å². The minimum absolute atomic E-state index is 0.0869. The number of nitrogens with two attached hydrogens (primary N) is 1. The number of fused-ring (bicyclic) bond motifs is 3. The molecule has 0 aromatic carbocycles. The first-order valence-corrected chi connectivity index (χ1v) is 9.10. The number of aryl methyl sites for hydroxylation is 1. The number of aromatic nitrogens is 6. The van der Waals surface area contributed by atoms with Crippen molar-refractivity contribution in [2.75, 3.05) is 37.2 Å². The molecule has 0 bridgehead atoms. The molecule has 11 nitrogen and oxygen atoms in total. The Balaban J connectivity index is 1.78. The molecule has 144 valence electrons. The van der Waals surface area contributed by atoms with Gasteiger partial charge in [0.25, 0.3) is 5.56 Å². The van der Waals surface area contributed by atoms with Crippen molar-refractivity contribution in [3.8, 4) is 0 Å². The summed E-state index contributed by atoms with van der Waals surface area (Å²) in [5, 5.41) is 3.27. The largest absolute Gasteiger partial charge is 0.351 e. The van der Waals surface area contributed by atoms with Crippen LogP contribution in [-0.2, 0) is 14.1 Å². The smallest absolute Gasteiger partial charge is 0.336 e. The van der Waals surface area contributed by atoms with E-state index in [9.17, 15) is 9.59 Å². The molecule has 0 saturated carbocycles. The molecular weight excluding hydrogens is 350 g/mol. The summed E-state index contributed by atoms with van der Waals surface area (Å²) in [7, 11) is 3.05. The van der Waals surface area contributed by atoms with Gasteiger partial charge in [-0.3, -0.25) is 18.9 Å². The molecule has 1 saturated heterocycles. The highest BCUT2D eigenvalue weighted by molar-refractivity contribution is 5.69. The lowest BCUT2D eigenvalue weighted by Gasteiger charge is -2.25. The maximum absolute atomic E-state index is 12.7. The maximum Gasteiger partial charge on any atom is 0.336 e. The van der Waals surface area contributed by atoms with Gasteiger partial charge in [0.05, 0.1) is 6.54 Å². The van der Waals surface area contributed by atoms with Gasteiger partial charge in [-0.1, -0.05) is 16.4 Å². The van der Waals surface area contributed by atoms with Crippen LogP contribution in [0.5, 0.6) is 0 Å². The van der Waals surface area contributed by atoms with Crippen molar-refractivity contribution < 1.29 is 4.40 Å². The van der Waals surface area contributed by atoms with E-state index in [1.807, 2.05) is 0 Å². The van der Waals surface area contributed by atoms with Gasteiger partial charge in [0, 0.05) is 20.6 Å². The van der Waals surface area contributed by atoms with E-state index in [0.29, 0.717) is 29.4 Å². The number of imidazole rings is 1. The first-order chi connectivity index (χ1) is 13.0. The summed E-state index contributed by atoms with van der Waals surface area (Å²) in [4.78, 5) is 38.8. The van der Waals surface area contributed by atoms with Crippen molar-refractivity contribution in [3.63, 3.8) is 0 Å². The predicted molar refractivity (Wildman–Crippen MR) is 101 cm³/mol. The van der Waals surface area contributed by atoms with Crippen LogP contribution in [0.4, 0.5) is 11.9 Å². The Hall–Kier alpha value is -2.95. The highest BCUT2D eigenvalue weighted by Gasteiger charge is 2.24. The summed E-state index contributed by atoms with van der Waals surface area (Å²) in [6.07, 6.45) is 3.75. The minimum atomic E-state index is -0.420. The van der Waals surface area contributed by atoms with Crippen LogP contribution in [-0.4, -0.2) is 55.2 Å². The lowest BCUT2D eigenvalue weighted by atomic mass is 10.1. The quantitative estimate of drug-likeness (QED) is 0.477. The van der Waals surface area contributed by atoms with Gasteiger partial charge in [-0.15, -0.1) is 0 Å². The molecule has 1 fully saturated rings. The standard InChI is InChI=1S/C16H23N9O2/c1-22-11-10(12(26)23(2)16(22)27)25-14(20-13(17)21-15(25)19-11)18-6-9-24-7-4-3-5-8-24/h3-9H2,1-2H3,(H3,17,18,19,20,21,26)/p+1. The van der Waals surface area contributed by atoms with Gasteiger partial charge >= 0.3 is 23.4 Å². The fraction of sp³-hybridized carbons (Fsp3) is 0.562. The molecule has 1 aliphatic rings. The number of hydrogen-bond acceptors (Lipinski definition) is 7. The van der Waals surface area contributed by atoms with Crippen LogP contribution in [0, 0.1) is 0 Å². The Labute approximate surface area is 154 Å². The molecule has 0 amide bonds. The molecule has 3 aromatic heterocycles. The molecule has 0 spiro atoms. The van der Waals surface area contributed by atoms with E-state index >= 15 is 0 Å². The molecular formula is C16H24N9O2+. The zero-order chi connectivity index (χ0) is 19.1. The molecule has 27 heavy (non-hydrogen) atoms. The normalized spacial score (nSPS) is 15.6. The summed E-state index contributed by atoms with van der Waals surface area (Å²) in [6, 6.07) is 0. The Morgan fingerprint density at radius 2 is 1.89 bits per heavy atom. The highest BCUT2D eigenvalue weighted by atomic mass is 16.2. The Bertz CT molecular complexity index is 1120. The number of anilines is 2. The fourth-order valence-electron chi connectivity index (χ4n) is 3.64. The van der Waals surface area contributed by atoms with Crippen molar-refractivity contribution in [1.29, 1.82) is 0 Å². The van der Waals surface area contributed by atoms with Crippen molar-refractivity contribution in [1.82, 2.24) is 29.0 Å². The van der Waals surface area contributed by atoms with E-state index in [4.69, 9.17) is 5.73 Å². The van der Waals surface area contributed by atoms with Crippen molar-refractivity contribution in [3.05, 3.63) is 20.8 Å². The summed E-state index contributed by atoms with van der Waals surface area (Å²) >= 11 is 0. The first kappa shape index (κ1) is 17.5. The van der Waals surface area contributed by atoms with Crippen molar-refractivity contribution in [2.24, 2.45) is 14.1 Å². The number of piperidine rings is 1. The van der Waals surface area contributed by atoms with Crippen LogP contribution >= 0.6 is 0 Å². The SMILES string of the molecule is Cn1c(=O)c2c([nH]c3nc(N)nc(NCCN4CCCCC4)[n+]32)n(C)c1=O.